The van der Waals surface area contributed by atoms with E-state index in [1.807, 2.05) is 24.3 Å². The number of nitrogens with two attached hydrogens (primary N) is 2. The summed E-state index contributed by atoms with van der Waals surface area (Å²) in [6.07, 6.45) is 0. The van der Waals surface area contributed by atoms with E-state index in [-0.39, 0.29) is 5.82 Å². The van der Waals surface area contributed by atoms with E-state index < -0.39 is 0 Å². The first kappa shape index (κ1) is 11.0. The van der Waals surface area contributed by atoms with Crippen LogP contribution in [0.15, 0.2) is 36.4 Å². The third-order valence-corrected chi connectivity index (χ3v) is 2.69. The average Bonchev–Trinajstić information content (AvgIpc) is 2.27. The third-order valence-electron chi connectivity index (χ3n) is 1.97. The summed E-state index contributed by atoms with van der Waals surface area (Å²) in [6.45, 7) is 0. The van der Waals surface area contributed by atoms with Crippen LogP contribution in [-0.4, -0.2) is 4.98 Å². The van der Waals surface area contributed by atoms with Crippen molar-refractivity contribution in [2.75, 3.05) is 11.5 Å². The van der Waals surface area contributed by atoms with Crippen molar-refractivity contribution < 1.29 is 4.74 Å². The number of hydrogen-bond donors (Lipinski definition) is 2. The molecule has 0 atom stereocenters. The second-order valence-electron chi connectivity index (χ2n) is 3.18. The van der Waals surface area contributed by atoms with E-state index in [1.165, 1.54) is 0 Å². The fraction of sp³-hybridized carbons (Fsp3) is 0. The summed E-state index contributed by atoms with van der Waals surface area (Å²) in [7, 11) is 0. The molecule has 0 saturated carbocycles. The van der Waals surface area contributed by atoms with Gasteiger partial charge in [0.15, 0.2) is 5.82 Å². The van der Waals surface area contributed by atoms with Crippen LogP contribution < -0.4 is 16.2 Å². The highest BCUT2D eigenvalue weighted by Crippen LogP contribution is 2.23. The van der Waals surface area contributed by atoms with Crippen LogP contribution in [0.3, 0.4) is 0 Å². The summed E-state index contributed by atoms with van der Waals surface area (Å²) in [5.74, 6) is 1.44. The zero-order chi connectivity index (χ0) is 11.5. The van der Waals surface area contributed by atoms with E-state index in [1.54, 1.807) is 12.1 Å². The summed E-state index contributed by atoms with van der Waals surface area (Å²) in [4.78, 5) is 4.02. The van der Waals surface area contributed by atoms with Gasteiger partial charge in [-0.15, -0.1) is 0 Å². The Balaban J connectivity index is 2.20. The lowest BCUT2D eigenvalue weighted by atomic mass is 10.3. The number of benzene rings is 1. The van der Waals surface area contributed by atoms with Crippen LogP contribution in [0.25, 0.3) is 0 Å². The lowest BCUT2D eigenvalue weighted by Gasteiger charge is -2.06. The molecular formula is C11H10IN3O. The summed E-state index contributed by atoms with van der Waals surface area (Å²) in [5.41, 5.74) is 11.6. The van der Waals surface area contributed by atoms with E-state index in [0.717, 1.165) is 9.32 Å². The molecule has 0 radical (unpaired) electrons. The predicted molar refractivity (Wildman–Crippen MR) is 72.3 cm³/mol. The largest absolute Gasteiger partial charge is 0.439 e. The van der Waals surface area contributed by atoms with Crippen LogP contribution in [-0.2, 0) is 0 Å². The minimum absolute atomic E-state index is 0.281. The molecule has 0 spiro atoms. The minimum Gasteiger partial charge on any atom is -0.439 e. The molecule has 0 bridgehead atoms. The van der Waals surface area contributed by atoms with Gasteiger partial charge < -0.3 is 16.2 Å². The number of nitrogens with zero attached hydrogens (tertiary/aromatic N) is 1. The highest BCUT2D eigenvalue weighted by molar-refractivity contribution is 14.1. The number of nitrogen functional groups attached to an aromatic ring is 2. The van der Waals surface area contributed by atoms with Crippen LogP contribution in [0.1, 0.15) is 0 Å². The van der Waals surface area contributed by atoms with Crippen LogP contribution in [0.2, 0.25) is 0 Å². The molecule has 16 heavy (non-hydrogen) atoms. The van der Waals surface area contributed by atoms with Gasteiger partial charge >= 0.3 is 0 Å². The van der Waals surface area contributed by atoms with Crippen molar-refractivity contribution in [3.63, 3.8) is 0 Å². The van der Waals surface area contributed by atoms with Crippen molar-refractivity contribution in [2.24, 2.45) is 0 Å². The first-order valence-corrected chi connectivity index (χ1v) is 5.68. The number of ether oxygens (including phenoxy) is 1. The Morgan fingerprint density at radius 1 is 1.00 bits per heavy atom. The molecule has 5 heteroatoms. The minimum atomic E-state index is 0.281. The number of rotatable bonds is 2. The molecule has 2 rings (SSSR count). The maximum absolute atomic E-state index is 5.58. The zero-order valence-corrected chi connectivity index (χ0v) is 10.5. The number of pyridine rings is 1. The number of halogens is 1. The number of aromatic nitrogens is 1. The van der Waals surface area contributed by atoms with Gasteiger partial charge in [0.2, 0.25) is 5.88 Å². The SMILES string of the molecule is Nc1ccc(Oc2ccc(I)cc2)nc1N. The molecule has 0 fully saturated rings. The second kappa shape index (κ2) is 4.56. The molecule has 1 aromatic carbocycles. The molecule has 0 saturated heterocycles. The van der Waals surface area contributed by atoms with Crippen molar-refractivity contribution in [2.45, 2.75) is 0 Å². The standard InChI is InChI=1S/C11H10IN3O/c12-7-1-3-8(4-2-7)16-10-6-5-9(13)11(14)15-10/h1-6H,13H2,(H2,14,15). The molecule has 0 aliphatic rings. The maximum Gasteiger partial charge on any atom is 0.221 e. The Morgan fingerprint density at radius 3 is 2.31 bits per heavy atom. The van der Waals surface area contributed by atoms with Gasteiger partial charge in [0.1, 0.15) is 5.75 Å². The molecule has 4 nitrogen and oxygen atoms in total. The molecular weight excluding hydrogens is 317 g/mol. The average molecular weight is 327 g/mol. The molecule has 0 aliphatic carbocycles. The molecule has 1 heterocycles. The highest BCUT2D eigenvalue weighted by Gasteiger charge is 2.01. The van der Waals surface area contributed by atoms with Crippen molar-refractivity contribution in [1.29, 1.82) is 0 Å². The fourth-order valence-corrected chi connectivity index (χ4v) is 1.51. The third kappa shape index (κ3) is 2.54. The van der Waals surface area contributed by atoms with Crippen LogP contribution in [0.4, 0.5) is 11.5 Å². The Bertz CT molecular complexity index is 499. The predicted octanol–water partition coefficient (Wildman–Crippen LogP) is 2.64. The van der Waals surface area contributed by atoms with Gasteiger partial charge in [0, 0.05) is 9.64 Å². The van der Waals surface area contributed by atoms with E-state index in [4.69, 9.17) is 16.2 Å². The lowest BCUT2D eigenvalue weighted by molar-refractivity contribution is 0.464. The van der Waals surface area contributed by atoms with E-state index in [9.17, 15) is 0 Å². The van der Waals surface area contributed by atoms with Gasteiger partial charge in [-0.3, -0.25) is 0 Å². The summed E-state index contributed by atoms with van der Waals surface area (Å²) < 4.78 is 6.67. The molecule has 0 aliphatic heterocycles. The van der Waals surface area contributed by atoms with Gasteiger partial charge in [-0.05, 0) is 52.9 Å². The molecule has 0 unspecified atom stereocenters. The normalized spacial score (nSPS) is 10.1. The van der Waals surface area contributed by atoms with Gasteiger partial charge in [-0.2, -0.15) is 4.98 Å². The van der Waals surface area contributed by atoms with Crippen molar-refractivity contribution in [1.82, 2.24) is 4.98 Å². The Kier molecular flexibility index (Phi) is 3.14. The quantitative estimate of drug-likeness (QED) is 0.832. The van der Waals surface area contributed by atoms with Gasteiger partial charge in [-0.1, -0.05) is 0 Å². The molecule has 2 aromatic rings. The first-order valence-electron chi connectivity index (χ1n) is 4.60. The molecule has 1 aromatic heterocycles. The van der Waals surface area contributed by atoms with Crippen LogP contribution in [0, 0.1) is 3.57 Å². The van der Waals surface area contributed by atoms with Gasteiger partial charge in [0.05, 0.1) is 5.69 Å². The first-order chi connectivity index (χ1) is 7.65. The van der Waals surface area contributed by atoms with Crippen molar-refractivity contribution >= 4 is 34.1 Å². The number of anilines is 2. The Morgan fingerprint density at radius 2 is 1.69 bits per heavy atom. The van der Waals surface area contributed by atoms with E-state index >= 15 is 0 Å². The fourth-order valence-electron chi connectivity index (χ4n) is 1.15. The molecule has 0 amide bonds. The Labute approximate surface area is 107 Å². The highest BCUT2D eigenvalue weighted by atomic mass is 127. The molecule has 82 valence electrons. The van der Waals surface area contributed by atoms with Gasteiger partial charge in [-0.25, -0.2) is 0 Å². The van der Waals surface area contributed by atoms with Crippen LogP contribution >= 0.6 is 22.6 Å². The van der Waals surface area contributed by atoms with E-state index in [2.05, 4.69) is 27.6 Å². The van der Waals surface area contributed by atoms with Crippen molar-refractivity contribution in [3.05, 3.63) is 40.0 Å². The number of hydrogen-bond acceptors (Lipinski definition) is 4. The summed E-state index contributed by atoms with van der Waals surface area (Å²) >= 11 is 2.23. The topological polar surface area (TPSA) is 74.2 Å². The van der Waals surface area contributed by atoms with E-state index in [0.29, 0.717) is 11.6 Å². The smallest absolute Gasteiger partial charge is 0.221 e. The summed E-state index contributed by atoms with van der Waals surface area (Å²) in [6, 6.07) is 11.0. The van der Waals surface area contributed by atoms with Crippen LogP contribution in [0.5, 0.6) is 11.6 Å². The lowest BCUT2D eigenvalue weighted by Crippen LogP contribution is -1.98. The summed E-state index contributed by atoms with van der Waals surface area (Å²) in [5, 5.41) is 0. The Hall–Kier alpha value is -1.50. The van der Waals surface area contributed by atoms with Gasteiger partial charge in [0.25, 0.3) is 0 Å². The second-order valence-corrected chi connectivity index (χ2v) is 4.43. The maximum atomic E-state index is 5.58. The monoisotopic (exact) mass is 327 g/mol. The molecule has 4 N–H and O–H groups in total. The zero-order valence-electron chi connectivity index (χ0n) is 8.35. The van der Waals surface area contributed by atoms with Crippen molar-refractivity contribution in [3.8, 4) is 11.6 Å².